The van der Waals surface area contributed by atoms with Crippen LogP contribution in [0.15, 0.2) is 41.3 Å². The number of hydrogen-bond donors (Lipinski definition) is 1. The number of primary amides is 1. The second kappa shape index (κ2) is 8.43. The Morgan fingerprint density at radius 1 is 1.14 bits per heavy atom. The summed E-state index contributed by atoms with van der Waals surface area (Å²) in [5.74, 6) is 0.816. The van der Waals surface area contributed by atoms with E-state index >= 15 is 0 Å². The summed E-state index contributed by atoms with van der Waals surface area (Å²) in [6.45, 7) is -0.154. The monoisotopic (exact) mass is 402 g/mol. The SMILES string of the molecule is COc1cc([C@H]2CC(=O)N(CC(N)=O)c3ccccc3S2)cc(OC)c1OC. The maximum atomic E-state index is 12.9. The Morgan fingerprint density at radius 2 is 1.79 bits per heavy atom. The van der Waals surface area contributed by atoms with E-state index in [1.54, 1.807) is 33.1 Å². The number of thioether (sulfide) groups is 1. The number of fused-ring (bicyclic) bond motifs is 1. The van der Waals surface area contributed by atoms with Crippen molar-refractivity contribution < 1.29 is 23.8 Å². The summed E-state index contributed by atoms with van der Waals surface area (Å²) < 4.78 is 16.3. The molecule has 2 amide bonds. The minimum absolute atomic E-state index is 0.154. The Labute approximate surface area is 167 Å². The van der Waals surface area contributed by atoms with E-state index in [-0.39, 0.29) is 24.1 Å². The summed E-state index contributed by atoms with van der Waals surface area (Å²) in [4.78, 5) is 26.8. The zero-order valence-electron chi connectivity index (χ0n) is 15.9. The highest BCUT2D eigenvalue weighted by molar-refractivity contribution is 7.99. The van der Waals surface area contributed by atoms with Crippen molar-refractivity contribution in [1.82, 2.24) is 0 Å². The lowest BCUT2D eigenvalue weighted by Gasteiger charge is -2.21. The van der Waals surface area contributed by atoms with Crippen molar-refractivity contribution in [2.24, 2.45) is 5.73 Å². The molecule has 2 aromatic carbocycles. The maximum absolute atomic E-state index is 12.9. The molecular weight excluding hydrogens is 380 g/mol. The second-order valence-corrected chi connectivity index (χ2v) is 7.43. The molecule has 1 aliphatic heterocycles. The number of carbonyl (C=O) groups excluding carboxylic acids is 2. The fourth-order valence-electron chi connectivity index (χ4n) is 3.18. The Balaban J connectivity index is 2.05. The highest BCUT2D eigenvalue weighted by Crippen LogP contribution is 2.48. The van der Waals surface area contributed by atoms with Gasteiger partial charge in [-0.05, 0) is 29.8 Å². The molecule has 0 aromatic heterocycles. The van der Waals surface area contributed by atoms with Gasteiger partial charge in [0.2, 0.25) is 17.6 Å². The zero-order chi connectivity index (χ0) is 20.3. The number of benzene rings is 2. The van der Waals surface area contributed by atoms with Gasteiger partial charge in [0.05, 0.1) is 27.0 Å². The number of methoxy groups -OCH3 is 3. The lowest BCUT2D eigenvalue weighted by molar-refractivity contribution is -0.122. The van der Waals surface area contributed by atoms with Crippen molar-refractivity contribution in [3.05, 3.63) is 42.0 Å². The summed E-state index contributed by atoms with van der Waals surface area (Å²) in [5, 5.41) is -0.194. The van der Waals surface area contributed by atoms with Crippen molar-refractivity contribution in [2.45, 2.75) is 16.6 Å². The van der Waals surface area contributed by atoms with Crippen LogP contribution in [-0.4, -0.2) is 39.7 Å². The molecule has 0 saturated heterocycles. The molecule has 2 N–H and O–H groups in total. The Kier molecular flexibility index (Phi) is 5.99. The van der Waals surface area contributed by atoms with Crippen LogP contribution in [0.25, 0.3) is 0 Å². The van der Waals surface area contributed by atoms with Crippen LogP contribution in [0.5, 0.6) is 17.2 Å². The largest absolute Gasteiger partial charge is 0.493 e. The number of para-hydroxylation sites is 1. The second-order valence-electron chi connectivity index (χ2n) is 6.18. The van der Waals surface area contributed by atoms with E-state index < -0.39 is 5.91 Å². The summed E-state index contributed by atoms with van der Waals surface area (Å²) in [7, 11) is 4.65. The Bertz CT molecular complexity index is 877. The third-order valence-electron chi connectivity index (χ3n) is 4.46. The minimum atomic E-state index is -0.556. The van der Waals surface area contributed by atoms with E-state index in [9.17, 15) is 9.59 Å². The Morgan fingerprint density at radius 3 is 2.36 bits per heavy atom. The van der Waals surface area contributed by atoms with Gasteiger partial charge >= 0.3 is 0 Å². The molecule has 1 atom stereocenters. The summed E-state index contributed by atoms with van der Waals surface area (Å²) >= 11 is 1.55. The van der Waals surface area contributed by atoms with E-state index in [2.05, 4.69) is 0 Å². The summed E-state index contributed by atoms with van der Waals surface area (Å²) in [6, 6.07) is 11.2. The molecule has 0 saturated carbocycles. The van der Waals surface area contributed by atoms with Gasteiger partial charge in [0.15, 0.2) is 11.5 Å². The number of carbonyl (C=O) groups is 2. The Hall–Kier alpha value is -2.87. The van der Waals surface area contributed by atoms with Crippen molar-refractivity contribution in [3.8, 4) is 17.2 Å². The minimum Gasteiger partial charge on any atom is -0.493 e. The third-order valence-corrected chi connectivity index (χ3v) is 5.78. The van der Waals surface area contributed by atoms with Crippen LogP contribution in [0.1, 0.15) is 17.2 Å². The predicted octanol–water partition coefficient (Wildman–Crippen LogP) is 2.77. The standard InChI is InChI=1S/C20H22N2O5S/c1-25-14-8-12(9-15(26-2)20(14)27-3)17-10-19(24)22(11-18(21)23)13-6-4-5-7-16(13)28-17/h4-9,17H,10-11H2,1-3H3,(H2,21,23)/t17-/m1/s1. The average molecular weight is 402 g/mol. The van der Waals surface area contributed by atoms with Gasteiger partial charge < -0.3 is 24.8 Å². The molecular formula is C20H22N2O5S. The first-order valence-electron chi connectivity index (χ1n) is 8.62. The van der Waals surface area contributed by atoms with Crippen molar-refractivity contribution in [2.75, 3.05) is 32.8 Å². The molecule has 1 aliphatic rings. The van der Waals surface area contributed by atoms with Crippen LogP contribution in [0.2, 0.25) is 0 Å². The van der Waals surface area contributed by atoms with Gasteiger partial charge in [0, 0.05) is 16.6 Å². The molecule has 0 bridgehead atoms. The van der Waals surface area contributed by atoms with Gasteiger partial charge in [-0.25, -0.2) is 0 Å². The van der Waals surface area contributed by atoms with E-state index in [1.165, 1.54) is 4.90 Å². The molecule has 0 aliphatic carbocycles. The van der Waals surface area contributed by atoms with Crippen LogP contribution in [-0.2, 0) is 9.59 Å². The van der Waals surface area contributed by atoms with Crippen molar-refractivity contribution in [1.29, 1.82) is 0 Å². The summed E-state index contributed by atoms with van der Waals surface area (Å²) in [5.41, 5.74) is 6.91. The highest BCUT2D eigenvalue weighted by Gasteiger charge is 2.31. The van der Waals surface area contributed by atoms with Crippen LogP contribution in [0.3, 0.4) is 0 Å². The van der Waals surface area contributed by atoms with Crippen LogP contribution >= 0.6 is 11.8 Å². The molecule has 28 heavy (non-hydrogen) atoms. The van der Waals surface area contributed by atoms with Gasteiger partial charge in [-0.2, -0.15) is 0 Å². The molecule has 3 rings (SSSR count). The fourth-order valence-corrected chi connectivity index (χ4v) is 4.44. The highest BCUT2D eigenvalue weighted by atomic mass is 32.2. The zero-order valence-corrected chi connectivity index (χ0v) is 16.7. The van der Waals surface area contributed by atoms with Crippen LogP contribution in [0.4, 0.5) is 5.69 Å². The normalized spacial score (nSPS) is 16.2. The van der Waals surface area contributed by atoms with E-state index in [4.69, 9.17) is 19.9 Å². The fraction of sp³-hybridized carbons (Fsp3) is 0.300. The lowest BCUT2D eigenvalue weighted by Crippen LogP contribution is -2.38. The lowest BCUT2D eigenvalue weighted by atomic mass is 10.1. The van der Waals surface area contributed by atoms with Gasteiger partial charge in [-0.3, -0.25) is 9.59 Å². The molecule has 0 radical (unpaired) electrons. The molecule has 0 fully saturated rings. The predicted molar refractivity (Wildman–Crippen MR) is 107 cm³/mol. The molecule has 8 heteroatoms. The molecule has 7 nitrogen and oxygen atoms in total. The first-order valence-corrected chi connectivity index (χ1v) is 9.50. The number of ether oxygens (including phenoxy) is 3. The number of amides is 2. The molecule has 1 heterocycles. The number of hydrogen-bond acceptors (Lipinski definition) is 6. The number of rotatable bonds is 6. The third kappa shape index (κ3) is 3.87. The molecule has 148 valence electrons. The first-order chi connectivity index (χ1) is 13.5. The number of nitrogens with zero attached hydrogens (tertiary/aromatic N) is 1. The number of nitrogens with two attached hydrogens (primary N) is 1. The molecule has 0 spiro atoms. The maximum Gasteiger partial charge on any atom is 0.237 e. The van der Waals surface area contributed by atoms with Crippen molar-refractivity contribution in [3.63, 3.8) is 0 Å². The van der Waals surface area contributed by atoms with E-state index in [1.807, 2.05) is 36.4 Å². The molecule has 2 aromatic rings. The van der Waals surface area contributed by atoms with Gasteiger partial charge in [0.25, 0.3) is 0 Å². The van der Waals surface area contributed by atoms with E-state index in [0.717, 1.165) is 10.5 Å². The van der Waals surface area contributed by atoms with Gasteiger partial charge in [-0.1, -0.05) is 12.1 Å². The van der Waals surface area contributed by atoms with Gasteiger partial charge in [0.1, 0.15) is 6.54 Å². The summed E-state index contributed by atoms with van der Waals surface area (Å²) in [6.07, 6.45) is 0.200. The van der Waals surface area contributed by atoms with Crippen molar-refractivity contribution >= 4 is 29.3 Å². The average Bonchev–Trinajstić information content (AvgIpc) is 2.83. The quantitative estimate of drug-likeness (QED) is 0.799. The number of anilines is 1. The molecule has 0 unspecified atom stereocenters. The van der Waals surface area contributed by atoms with Crippen LogP contribution < -0.4 is 24.8 Å². The van der Waals surface area contributed by atoms with Crippen LogP contribution in [0, 0.1) is 0 Å². The van der Waals surface area contributed by atoms with E-state index in [0.29, 0.717) is 22.9 Å². The first kappa shape index (κ1) is 19.9. The smallest absolute Gasteiger partial charge is 0.237 e. The van der Waals surface area contributed by atoms with Gasteiger partial charge in [-0.15, -0.1) is 11.8 Å². The topological polar surface area (TPSA) is 91.1 Å².